The molecule has 0 radical (unpaired) electrons. The van der Waals surface area contributed by atoms with Crippen molar-refractivity contribution >= 4 is 15.8 Å². The van der Waals surface area contributed by atoms with Gasteiger partial charge in [-0.15, -0.1) is 0 Å². The molecule has 0 heterocycles. The lowest BCUT2D eigenvalue weighted by atomic mass is 10.2. The van der Waals surface area contributed by atoms with E-state index in [0.29, 0.717) is 6.42 Å². The Labute approximate surface area is 97.7 Å². The first kappa shape index (κ1) is 16.2. The van der Waals surface area contributed by atoms with Gasteiger partial charge >= 0.3 is 5.97 Å². The molecule has 4 nitrogen and oxygen atoms in total. The fourth-order valence-corrected chi connectivity index (χ4v) is 3.21. The molecule has 0 aliphatic heterocycles. The Morgan fingerprint density at radius 1 is 1.29 bits per heavy atom. The smallest absolute Gasteiger partial charge is 0.304 e. The Morgan fingerprint density at radius 3 is 2.18 bits per heavy atom. The van der Waals surface area contributed by atoms with Gasteiger partial charge in [0, 0.05) is 0 Å². The zero-order valence-corrected chi connectivity index (χ0v) is 10.1. The van der Waals surface area contributed by atoms with Crippen LogP contribution in [-0.4, -0.2) is 43.1 Å². The fourth-order valence-electron chi connectivity index (χ4n) is 1.36. The highest BCUT2D eigenvalue weighted by molar-refractivity contribution is 7.92. The number of alkyl halides is 3. The van der Waals surface area contributed by atoms with Crippen molar-refractivity contribution in [3.05, 3.63) is 0 Å². The molecule has 2 unspecified atom stereocenters. The molecule has 0 rings (SSSR count). The molecule has 17 heavy (non-hydrogen) atoms. The normalized spacial score (nSPS) is 15.8. The van der Waals surface area contributed by atoms with Crippen LogP contribution in [0, 0.1) is 0 Å². The number of halogens is 3. The van der Waals surface area contributed by atoms with Crippen LogP contribution in [0.4, 0.5) is 13.2 Å². The maximum absolute atomic E-state index is 12.7. The molecule has 0 aromatic carbocycles. The van der Waals surface area contributed by atoms with Crippen molar-refractivity contribution in [1.29, 1.82) is 0 Å². The number of rotatable bonds is 8. The van der Waals surface area contributed by atoms with Gasteiger partial charge in [-0.3, -0.25) is 4.79 Å². The summed E-state index contributed by atoms with van der Waals surface area (Å²) >= 11 is 0. The van der Waals surface area contributed by atoms with Crippen LogP contribution in [0.2, 0.25) is 0 Å². The Hall–Kier alpha value is -0.790. The highest BCUT2D eigenvalue weighted by Gasteiger charge is 2.33. The van der Waals surface area contributed by atoms with Crippen molar-refractivity contribution in [1.82, 2.24) is 0 Å². The van der Waals surface area contributed by atoms with Crippen molar-refractivity contribution in [3.8, 4) is 0 Å². The number of hydrogen-bond donors (Lipinski definition) is 1. The molecule has 0 bridgehead atoms. The highest BCUT2D eigenvalue weighted by atomic mass is 32.2. The van der Waals surface area contributed by atoms with E-state index in [4.69, 9.17) is 5.11 Å². The van der Waals surface area contributed by atoms with Gasteiger partial charge in [0.2, 0.25) is 0 Å². The lowest BCUT2D eigenvalue weighted by molar-refractivity contribution is -0.137. The Bertz CT molecular complexity index is 342. The first-order valence-electron chi connectivity index (χ1n) is 5.06. The van der Waals surface area contributed by atoms with Crippen molar-refractivity contribution in [3.63, 3.8) is 0 Å². The molecule has 1 N–H and O–H groups in total. The molecule has 0 aromatic heterocycles. The summed E-state index contributed by atoms with van der Waals surface area (Å²) in [5, 5.41) is 7.21. The summed E-state index contributed by atoms with van der Waals surface area (Å²) in [7, 11) is -4.16. The monoisotopic (exact) mass is 276 g/mol. The summed E-state index contributed by atoms with van der Waals surface area (Å²) in [5.41, 5.74) is 0. The molecule has 0 aliphatic carbocycles. The van der Waals surface area contributed by atoms with E-state index in [0.717, 1.165) is 0 Å². The van der Waals surface area contributed by atoms with Gasteiger partial charge in [0.25, 0.3) is 6.43 Å². The molecule has 0 saturated heterocycles. The van der Waals surface area contributed by atoms with Crippen molar-refractivity contribution in [2.75, 3.05) is 5.75 Å². The molecule has 0 amide bonds. The van der Waals surface area contributed by atoms with E-state index in [1.54, 1.807) is 6.92 Å². The molecule has 0 aromatic rings. The lowest BCUT2D eigenvalue weighted by Gasteiger charge is -2.16. The zero-order chi connectivity index (χ0) is 13.6. The van der Waals surface area contributed by atoms with Crippen LogP contribution < -0.4 is 0 Å². The van der Waals surface area contributed by atoms with Gasteiger partial charge in [0.05, 0.1) is 17.4 Å². The van der Waals surface area contributed by atoms with E-state index in [2.05, 4.69) is 0 Å². The number of carbonyl (C=O) groups is 1. The molecule has 2 atom stereocenters. The van der Waals surface area contributed by atoms with Crippen LogP contribution in [0.25, 0.3) is 0 Å². The van der Waals surface area contributed by atoms with Gasteiger partial charge in [0.1, 0.15) is 0 Å². The van der Waals surface area contributed by atoms with Gasteiger partial charge in [-0.1, -0.05) is 13.3 Å². The second-order valence-corrected chi connectivity index (χ2v) is 6.01. The zero-order valence-electron chi connectivity index (χ0n) is 9.27. The van der Waals surface area contributed by atoms with Crippen molar-refractivity contribution in [2.45, 2.75) is 44.0 Å². The molecular formula is C9H15F3O4S. The van der Waals surface area contributed by atoms with Crippen LogP contribution >= 0.6 is 0 Å². The van der Waals surface area contributed by atoms with Gasteiger partial charge in [-0.25, -0.2) is 21.6 Å². The van der Waals surface area contributed by atoms with Crippen molar-refractivity contribution < 1.29 is 31.5 Å². The standard InChI is InChI=1S/C9H15F3O4S/c1-2-3-6(4-8(13)14)17(15,16)5-7(10)9(11)12/h6-7,9H,2-5H2,1H3,(H,13,14). The summed E-state index contributed by atoms with van der Waals surface area (Å²) in [6.07, 6.45) is -6.44. The van der Waals surface area contributed by atoms with Crippen molar-refractivity contribution in [2.24, 2.45) is 0 Å². The molecule has 0 saturated carbocycles. The van der Waals surface area contributed by atoms with E-state index in [9.17, 15) is 26.4 Å². The lowest BCUT2D eigenvalue weighted by Crippen LogP contribution is -2.33. The van der Waals surface area contributed by atoms with E-state index in [-0.39, 0.29) is 6.42 Å². The molecule has 8 heteroatoms. The quantitative estimate of drug-likeness (QED) is 0.731. The van der Waals surface area contributed by atoms with E-state index in [1.807, 2.05) is 0 Å². The maximum atomic E-state index is 12.7. The van der Waals surface area contributed by atoms with E-state index in [1.165, 1.54) is 0 Å². The number of aliphatic carboxylic acids is 1. The Kier molecular flexibility index (Phi) is 6.51. The molecule has 102 valence electrons. The predicted octanol–water partition coefficient (Wildman–Crippen LogP) is 1.65. The van der Waals surface area contributed by atoms with Crippen LogP contribution in [0.1, 0.15) is 26.2 Å². The molecule has 0 fully saturated rings. The third-order valence-corrected chi connectivity index (χ3v) is 4.39. The Balaban J connectivity index is 4.77. The third kappa shape index (κ3) is 5.90. The van der Waals surface area contributed by atoms with Gasteiger partial charge < -0.3 is 5.11 Å². The topological polar surface area (TPSA) is 71.4 Å². The average Bonchev–Trinajstić information content (AvgIpc) is 2.15. The minimum atomic E-state index is -4.16. The SMILES string of the molecule is CCCC(CC(=O)O)S(=O)(=O)CC(F)C(F)F. The number of hydrogen-bond acceptors (Lipinski definition) is 3. The highest BCUT2D eigenvalue weighted by Crippen LogP contribution is 2.18. The predicted molar refractivity (Wildman–Crippen MR) is 55.6 cm³/mol. The minimum absolute atomic E-state index is 0.0184. The van der Waals surface area contributed by atoms with Crippen LogP contribution in [-0.2, 0) is 14.6 Å². The fraction of sp³-hybridized carbons (Fsp3) is 0.889. The van der Waals surface area contributed by atoms with E-state index >= 15 is 0 Å². The summed E-state index contributed by atoms with van der Waals surface area (Å²) in [6.45, 7) is 1.63. The first-order valence-corrected chi connectivity index (χ1v) is 6.77. The number of sulfone groups is 1. The summed E-state index contributed by atoms with van der Waals surface area (Å²) in [5.74, 6) is -2.68. The van der Waals surface area contributed by atoms with Gasteiger partial charge in [0.15, 0.2) is 16.0 Å². The third-order valence-electron chi connectivity index (χ3n) is 2.19. The molecular weight excluding hydrogens is 261 g/mol. The summed E-state index contributed by atoms with van der Waals surface area (Å²) in [4.78, 5) is 10.4. The Morgan fingerprint density at radius 2 is 1.82 bits per heavy atom. The maximum Gasteiger partial charge on any atom is 0.304 e. The average molecular weight is 276 g/mol. The second-order valence-electron chi connectivity index (χ2n) is 3.69. The molecule has 0 aliphatic rings. The summed E-state index contributed by atoms with van der Waals surface area (Å²) < 4.78 is 59.6. The summed E-state index contributed by atoms with van der Waals surface area (Å²) in [6, 6.07) is 0. The van der Waals surface area contributed by atoms with Crippen LogP contribution in [0.5, 0.6) is 0 Å². The number of carboxylic acids is 1. The van der Waals surface area contributed by atoms with Crippen LogP contribution in [0.3, 0.4) is 0 Å². The molecule has 0 spiro atoms. The van der Waals surface area contributed by atoms with Crippen LogP contribution in [0.15, 0.2) is 0 Å². The van der Waals surface area contributed by atoms with Gasteiger partial charge in [-0.2, -0.15) is 0 Å². The van der Waals surface area contributed by atoms with Gasteiger partial charge in [-0.05, 0) is 6.42 Å². The minimum Gasteiger partial charge on any atom is -0.481 e. The number of carboxylic acid groups (broad SMARTS) is 1. The largest absolute Gasteiger partial charge is 0.481 e. The van der Waals surface area contributed by atoms with E-state index < -0.39 is 45.8 Å². The second kappa shape index (κ2) is 6.83. The first-order chi connectivity index (χ1) is 7.70.